The molecular weight excluding hydrogens is 458 g/mol. The van der Waals surface area contributed by atoms with E-state index in [0.29, 0.717) is 45.8 Å². The van der Waals surface area contributed by atoms with E-state index in [1.807, 2.05) is 36.4 Å². The molecule has 0 N–H and O–H groups in total. The summed E-state index contributed by atoms with van der Waals surface area (Å²) in [4.78, 5) is 21.5. The summed E-state index contributed by atoms with van der Waals surface area (Å²) in [6.45, 7) is 8.25. The van der Waals surface area contributed by atoms with E-state index in [-0.39, 0.29) is 5.56 Å². The van der Waals surface area contributed by atoms with Crippen LogP contribution < -0.4 is 10.3 Å². The van der Waals surface area contributed by atoms with Gasteiger partial charge in [-0.3, -0.25) is 14.3 Å². The molecule has 0 amide bonds. The third-order valence-corrected chi connectivity index (χ3v) is 6.64. The van der Waals surface area contributed by atoms with Crippen LogP contribution in [0.4, 0.5) is 5.69 Å². The van der Waals surface area contributed by atoms with Crippen LogP contribution in [0.5, 0.6) is 5.75 Å². The van der Waals surface area contributed by atoms with Crippen molar-refractivity contribution in [2.24, 2.45) is 5.92 Å². The second kappa shape index (κ2) is 10.2. The Morgan fingerprint density at radius 3 is 2.63 bits per heavy atom. The van der Waals surface area contributed by atoms with E-state index in [4.69, 9.17) is 22.9 Å². The first kappa shape index (κ1) is 22.9. The van der Waals surface area contributed by atoms with Crippen LogP contribution in [0.2, 0.25) is 5.02 Å². The van der Waals surface area contributed by atoms with Crippen molar-refractivity contribution in [1.29, 1.82) is 0 Å². The largest absolute Gasteiger partial charge is 0.493 e. The van der Waals surface area contributed by atoms with Gasteiger partial charge in [0.15, 0.2) is 5.69 Å². The van der Waals surface area contributed by atoms with Crippen LogP contribution in [0.1, 0.15) is 25.7 Å². The number of hydrogen-bond donors (Lipinski definition) is 0. The quantitative estimate of drug-likeness (QED) is 0.271. The Kier molecular flexibility index (Phi) is 6.65. The number of para-hydroxylation sites is 1. The monoisotopic (exact) mass is 481 g/mol. The highest BCUT2D eigenvalue weighted by Gasteiger charge is 2.17. The minimum atomic E-state index is -0.203. The molecule has 6 heteroatoms. The lowest BCUT2D eigenvalue weighted by molar-refractivity contribution is 0.252. The highest BCUT2D eigenvalue weighted by molar-refractivity contribution is 6.31. The van der Waals surface area contributed by atoms with Crippen molar-refractivity contribution in [1.82, 2.24) is 9.55 Å². The van der Waals surface area contributed by atoms with Crippen LogP contribution >= 0.6 is 11.6 Å². The summed E-state index contributed by atoms with van der Waals surface area (Å²) < 4.78 is 7.66. The fourth-order valence-corrected chi connectivity index (χ4v) is 4.86. The number of nitrogens with zero attached hydrogens (tertiary/aromatic N) is 3. The minimum absolute atomic E-state index is 0.203. The Bertz CT molecular complexity index is 1450. The summed E-state index contributed by atoms with van der Waals surface area (Å²) in [6, 6.07) is 18.3. The van der Waals surface area contributed by atoms with E-state index >= 15 is 0 Å². The summed E-state index contributed by atoms with van der Waals surface area (Å²) in [5.74, 6) is 1.22. The van der Waals surface area contributed by atoms with Gasteiger partial charge >= 0.3 is 0 Å². The second-order valence-electron chi connectivity index (χ2n) is 8.79. The standard InChI is InChI=1S/C29H24ClN3O2/c1-31-28-11-5-4-10-26(28)22-15-27(29(34)33(18-22)24-9-6-12-32-17-24)21-13-23(30)16-25(14-21)35-19-20-7-2-3-8-20/h4-6,9-18,20H,2-3,7-8,19H2. The highest BCUT2D eigenvalue weighted by atomic mass is 35.5. The second-order valence-corrected chi connectivity index (χ2v) is 9.23. The van der Waals surface area contributed by atoms with Crippen molar-refractivity contribution >= 4 is 17.3 Å². The van der Waals surface area contributed by atoms with Gasteiger partial charge in [0.25, 0.3) is 5.56 Å². The van der Waals surface area contributed by atoms with Gasteiger partial charge in [-0.2, -0.15) is 0 Å². The van der Waals surface area contributed by atoms with Gasteiger partial charge in [-0.15, -0.1) is 0 Å². The van der Waals surface area contributed by atoms with Gasteiger partial charge in [-0.1, -0.05) is 48.7 Å². The Labute approximate surface area is 209 Å². The van der Waals surface area contributed by atoms with Crippen molar-refractivity contribution in [2.75, 3.05) is 6.61 Å². The van der Waals surface area contributed by atoms with E-state index in [1.54, 1.807) is 47.4 Å². The molecule has 2 aromatic carbocycles. The van der Waals surface area contributed by atoms with Crippen molar-refractivity contribution in [3.63, 3.8) is 0 Å². The average Bonchev–Trinajstić information content (AvgIpc) is 3.42. The van der Waals surface area contributed by atoms with Gasteiger partial charge < -0.3 is 4.74 Å². The van der Waals surface area contributed by atoms with Gasteiger partial charge in [0.1, 0.15) is 5.75 Å². The van der Waals surface area contributed by atoms with Crippen molar-refractivity contribution in [3.8, 4) is 33.7 Å². The SMILES string of the molecule is [C-]#[N+]c1ccccc1-c1cc(-c2cc(Cl)cc(OCC3CCCC3)c2)c(=O)n(-c2cccnc2)c1. The summed E-state index contributed by atoms with van der Waals surface area (Å²) >= 11 is 6.47. The highest BCUT2D eigenvalue weighted by Crippen LogP contribution is 2.34. The van der Waals surface area contributed by atoms with E-state index in [0.717, 1.165) is 11.1 Å². The molecular formula is C29H24ClN3O2. The molecule has 0 unspecified atom stereocenters. The third kappa shape index (κ3) is 4.99. The summed E-state index contributed by atoms with van der Waals surface area (Å²) in [6.07, 6.45) is 9.94. The first-order valence-electron chi connectivity index (χ1n) is 11.7. The van der Waals surface area contributed by atoms with Crippen LogP contribution in [-0.2, 0) is 0 Å². The number of hydrogen-bond acceptors (Lipinski definition) is 3. The molecule has 2 heterocycles. The van der Waals surface area contributed by atoms with Crippen molar-refractivity contribution < 1.29 is 4.74 Å². The van der Waals surface area contributed by atoms with E-state index in [9.17, 15) is 4.79 Å². The fourth-order valence-electron chi connectivity index (χ4n) is 4.63. The fraction of sp³-hybridized carbons (Fsp3) is 0.207. The third-order valence-electron chi connectivity index (χ3n) is 6.42. The van der Waals surface area contributed by atoms with Crippen LogP contribution in [0.15, 0.2) is 84.0 Å². The molecule has 0 radical (unpaired) electrons. The van der Waals surface area contributed by atoms with Gasteiger partial charge in [0, 0.05) is 23.0 Å². The molecule has 5 rings (SSSR count). The van der Waals surface area contributed by atoms with Gasteiger partial charge in [0.2, 0.25) is 0 Å². The van der Waals surface area contributed by atoms with Gasteiger partial charge in [-0.25, -0.2) is 4.85 Å². The number of benzene rings is 2. The smallest absolute Gasteiger partial charge is 0.263 e. The zero-order chi connectivity index (χ0) is 24.2. The maximum Gasteiger partial charge on any atom is 0.263 e. The molecule has 1 aliphatic carbocycles. The molecule has 0 atom stereocenters. The maximum absolute atomic E-state index is 13.7. The van der Waals surface area contributed by atoms with E-state index < -0.39 is 0 Å². The number of ether oxygens (including phenoxy) is 1. The van der Waals surface area contributed by atoms with Crippen LogP contribution in [0.25, 0.3) is 32.8 Å². The van der Waals surface area contributed by atoms with Crippen molar-refractivity contribution in [3.05, 3.63) is 106 Å². The lowest BCUT2D eigenvalue weighted by Gasteiger charge is -2.15. The Balaban J connectivity index is 1.64. The van der Waals surface area contributed by atoms with Gasteiger partial charge in [0.05, 0.1) is 25.1 Å². The topological polar surface area (TPSA) is 48.5 Å². The lowest BCUT2D eigenvalue weighted by Crippen LogP contribution is -2.20. The molecule has 2 aromatic heterocycles. The van der Waals surface area contributed by atoms with Gasteiger partial charge in [-0.05, 0) is 71.8 Å². The molecule has 1 fully saturated rings. The zero-order valence-electron chi connectivity index (χ0n) is 19.2. The molecule has 0 bridgehead atoms. The molecule has 0 spiro atoms. The Morgan fingerprint density at radius 2 is 1.86 bits per heavy atom. The maximum atomic E-state index is 13.7. The predicted molar refractivity (Wildman–Crippen MR) is 139 cm³/mol. The van der Waals surface area contributed by atoms with Crippen LogP contribution in [-0.4, -0.2) is 16.2 Å². The molecule has 4 aromatic rings. The first-order valence-corrected chi connectivity index (χ1v) is 12.1. The van der Waals surface area contributed by atoms with Crippen LogP contribution in [0, 0.1) is 12.5 Å². The number of rotatable bonds is 6. The normalized spacial score (nSPS) is 13.5. The first-order chi connectivity index (χ1) is 17.1. The predicted octanol–water partition coefficient (Wildman–Crippen LogP) is 7.34. The van der Waals surface area contributed by atoms with E-state index in [2.05, 4.69) is 9.83 Å². The Morgan fingerprint density at radius 1 is 1.03 bits per heavy atom. The zero-order valence-corrected chi connectivity index (χ0v) is 19.9. The summed E-state index contributed by atoms with van der Waals surface area (Å²) in [5.41, 5.74) is 3.60. The molecule has 174 valence electrons. The number of aromatic nitrogens is 2. The summed E-state index contributed by atoms with van der Waals surface area (Å²) in [7, 11) is 0. The lowest BCUT2D eigenvalue weighted by atomic mass is 10.00. The van der Waals surface area contributed by atoms with E-state index in [1.165, 1.54) is 25.7 Å². The minimum Gasteiger partial charge on any atom is -0.493 e. The van der Waals surface area contributed by atoms with Crippen LogP contribution in [0.3, 0.4) is 0 Å². The number of halogens is 1. The molecule has 0 aliphatic heterocycles. The average molecular weight is 482 g/mol. The Hall–Kier alpha value is -3.88. The number of pyridine rings is 2. The van der Waals surface area contributed by atoms with Crippen molar-refractivity contribution in [2.45, 2.75) is 25.7 Å². The molecule has 1 saturated carbocycles. The summed E-state index contributed by atoms with van der Waals surface area (Å²) in [5, 5.41) is 0.503. The molecule has 0 saturated heterocycles. The molecule has 1 aliphatic rings. The molecule has 35 heavy (non-hydrogen) atoms. The molecule has 5 nitrogen and oxygen atoms in total.